The molecule has 2 atom stereocenters. The molecule has 0 aromatic heterocycles. The van der Waals surface area contributed by atoms with Gasteiger partial charge in [-0.25, -0.2) is 0 Å². The van der Waals surface area contributed by atoms with E-state index in [1.54, 1.807) is 6.07 Å². The molecule has 2 rings (SSSR count). The van der Waals surface area contributed by atoms with Crippen molar-refractivity contribution in [2.24, 2.45) is 5.92 Å². The number of hydrogen-bond donors (Lipinski definition) is 1. The molecule has 1 aliphatic heterocycles. The van der Waals surface area contributed by atoms with Crippen LogP contribution < -0.4 is 5.32 Å². The fourth-order valence-corrected chi connectivity index (χ4v) is 2.96. The molecular formula is C14H19Cl2NO. The molecule has 1 fully saturated rings. The molecule has 4 heteroatoms. The highest BCUT2D eigenvalue weighted by Gasteiger charge is 2.29. The van der Waals surface area contributed by atoms with E-state index in [2.05, 4.69) is 12.2 Å². The van der Waals surface area contributed by atoms with Gasteiger partial charge in [0.05, 0.1) is 6.10 Å². The molecule has 0 amide bonds. The summed E-state index contributed by atoms with van der Waals surface area (Å²) < 4.78 is 5.84. The second-order valence-corrected chi connectivity index (χ2v) is 5.62. The van der Waals surface area contributed by atoms with E-state index in [4.69, 9.17) is 27.9 Å². The van der Waals surface area contributed by atoms with Crippen molar-refractivity contribution < 1.29 is 4.74 Å². The molecular weight excluding hydrogens is 269 g/mol. The highest BCUT2D eigenvalue weighted by atomic mass is 35.5. The molecule has 0 spiro atoms. The molecule has 1 saturated heterocycles. The van der Waals surface area contributed by atoms with E-state index in [9.17, 15) is 0 Å². The third-order valence-corrected chi connectivity index (χ3v) is 3.70. The van der Waals surface area contributed by atoms with Gasteiger partial charge in [-0.2, -0.15) is 0 Å². The predicted octanol–water partition coefficient (Wildman–Crippen LogP) is 4.07. The van der Waals surface area contributed by atoms with Gasteiger partial charge in [-0.05, 0) is 43.1 Å². The number of benzene rings is 1. The number of hydrogen-bond acceptors (Lipinski definition) is 2. The van der Waals surface area contributed by atoms with Gasteiger partial charge in [0, 0.05) is 29.1 Å². The van der Waals surface area contributed by atoms with Crippen molar-refractivity contribution in [1.82, 2.24) is 5.32 Å². The second kappa shape index (κ2) is 6.76. The lowest BCUT2D eigenvalue weighted by Crippen LogP contribution is -2.25. The lowest BCUT2D eigenvalue weighted by Gasteiger charge is -2.19. The Labute approximate surface area is 119 Å². The zero-order valence-electron chi connectivity index (χ0n) is 10.6. The molecule has 0 aliphatic carbocycles. The average molecular weight is 288 g/mol. The third-order valence-electron chi connectivity index (χ3n) is 3.26. The first-order chi connectivity index (χ1) is 8.70. The molecule has 1 aliphatic rings. The van der Waals surface area contributed by atoms with E-state index in [0.29, 0.717) is 16.0 Å². The first-order valence-electron chi connectivity index (χ1n) is 6.49. The minimum atomic E-state index is 0.116. The van der Waals surface area contributed by atoms with Crippen LogP contribution in [0.3, 0.4) is 0 Å². The van der Waals surface area contributed by atoms with Crippen LogP contribution >= 0.6 is 23.2 Å². The summed E-state index contributed by atoms with van der Waals surface area (Å²) in [6.45, 7) is 5.03. The van der Waals surface area contributed by atoms with Crippen molar-refractivity contribution in [3.05, 3.63) is 33.8 Å². The molecule has 0 saturated carbocycles. The molecule has 1 N–H and O–H groups in total. The van der Waals surface area contributed by atoms with Crippen molar-refractivity contribution in [3.63, 3.8) is 0 Å². The van der Waals surface area contributed by atoms with Gasteiger partial charge in [-0.3, -0.25) is 0 Å². The van der Waals surface area contributed by atoms with Crippen LogP contribution in [-0.2, 0) is 4.74 Å². The van der Waals surface area contributed by atoms with Crippen molar-refractivity contribution in [1.29, 1.82) is 0 Å². The standard InChI is InChI=1S/C14H19Cl2NO/c1-2-4-17-9-10-3-5-18-14(10)11-6-12(15)8-13(16)7-11/h6-8,10,14,17H,2-5,9H2,1H3. The maximum atomic E-state index is 6.05. The zero-order valence-corrected chi connectivity index (χ0v) is 12.1. The molecule has 1 heterocycles. The summed E-state index contributed by atoms with van der Waals surface area (Å²) in [5.74, 6) is 0.506. The quantitative estimate of drug-likeness (QED) is 0.825. The maximum absolute atomic E-state index is 6.05. The van der Waals surface area contributed by atoms with E-state index >= 15 is 0 Å². The molecule has 2 unspecified atom stereocenters. The van der Waals surface area contributed by atoms with Gasteiger partial charge >= 0.3 is 0 Å². The van der Waals surface area contributed by atoms with Crippen LogP contribution in [0.5, 0.6) is 0 Å². The summed E-state index contributed by atoms with van der Waals surface area (Å²) in [4.78, 5) is 0. The van der Waals surface area contributed by atoms with Crippen LogP contribution in [0.15, 0.2) is 18.2 Å². The van der Waals surface area contributed by atoms with Gasteiger partial charge in [0.15, 0.2) is 0 Å². The Morgan fingerprint density at radius 3 is 2.67 bits per heavy atom. The number of halogens is 2. The van der Waals surface area contributed by atoms with Crippen molar-refractivity contribution in [3.8, 4) is 0 Å². The third kappa shape index (κ3) is 3.61. The smallest absolute Gasteiger partial charge is 0.0867 e. The number of nitrogens with one attached hydrogen (secondary N) is 1. The van der Waals surface area contributed by atoms with E-state index < -0.39 is 0 Å². The van der Waals surface area contributed by atoms with Gasteiger partial charge in [0.2, 0.25) is 0 Å². The van der Waals surface area contributed by atoms with E-state index in [0.717, 1.165) is 38.1 Å². The van der Waals surface area contributed by atoms with Gasteiger partial charge < -0.3 is 10.1 Å². The van der Waals surface area contributed by atoms with Crippen molar-refractivity contribution in [2.45, 2.75) is 25.9 Å². The van der Waals surface area contributed by atoms with Crippen LogP contribution in [0.2, 0.25) is 10.0 Å². The fourth-order valence-electron chi connectivity index (χ4n) is 2.41. The highest BCUT2D eigenvalue weighted by Crippen LogP contribution is 2.36. The molecule has 18 heavy (non-hydrogen) atoms. The lowest BCUT2D eigenvalue weighted by molar-refractivity contribution is 0.0906. The summed E-state index contributed by atoms with van der Waals surface area (Å²) in [5, 5.41) is 4.81. The monoisotopic (exact) mass is 287 g/mol. The van der Waals surface area contributed by atoms with Crippen LogP contribution in [0.4, 0.5) is 0 Å². The zero-order chi connectivity index (χ0) is 13.0. The van der Waals surface area contributed by atoms with E-state index in [1.807, 2.05) is 12.1 Å². The minimum Gasteiger partial charge on any atom is -0.373 e. The summed E-state index contributed by atoms with van der Waals surface area (Å²) in [7, 11) is 0. The van der Waals surface area contributed by atoms with Crippen LogP contribution in [0.25, 0.3) is 0 Å². The predicted molar refractivity (Wildman–Crippen MR) is 76.4 cm³/mol. The Bertz CT molecular complexity index is 377. The van der Waals surface area contributed by atoms with Crippen LogP contribution in [-0.4, -0.2) is 19.7 Å². The van der Waals surface area contributed by atoms with Crippen molar-refractivity contribution >= 4 is 23.2 Å². The fraction of sp³-hybridized carbons (Fsp3) is 0.571. The second-order valence-electron chi connectivity index (χ2n) is 4.75. The molecule has 0 radical (unpaired) electrons. The van der Waals surface area contributed by atoms with Crippen molar-refractivity contribution in [2.75, 3.05) is 19.7 Å². The Morgan fingerprint density at radius 1 is 1.28 bits per heavy atom. The van der Waals surface area contributed by atoms with E-state index in [1.165, 1.54) is 0 Å². The Balaban J connectivity index is 2.05. The van der Waals surface area contributed by atoms with Gasteiger partial charge in [0.1, 0.15) is 0 Å². The molecule has 100 valence electrons. The Morgan fingerprint density at radius 2 is 2.00 bits per heavy atom. The summed E-state index contributed by atoms with van der Waals surface area (Å²) in [5.41, 5.74) is 1.09. The number of rotatable bonds is 5. The SMILES string of the molecule is CCCNCC1CCOC1c1cc(Cl)cc(Cl)c1. The normalized spacial score (nSPS) is 23.5. The van der Waals surface area contributed by atoms with Crippen LogP contribution in [0, 0.1) is 5.92 Å². The maximum Gasteiger partial charge on any atom is 0.0867 e. The Kier molecular flexibility index (Phi) is 5.31. The van der Waals surface area contributed by atoms with Gasteiger partial charge in [-0.15, -0.1) is 0 Å². The minimum absolute atomic E-state index is 0.116. The summed E-state index contributed by atoms with van der Waals surface area (Å²) in [6, 6.07) is 5.67. The first-order valence-corrected chi connectivity index (χ1v) is 7.24. The largest absolute Gasteiger partial charge is 0.373 e. The molecule has 1 aromatic carbocycles. The summed E-state index contributed by atoms with van der Waals surface area (Å²) >= 11 is 12.1. The van der Waals surface area contributed by atoms with Gasteiger partial charge in [0.25, 0.3) is 0 Å². The molecule has 1 aromatic rings. The highest BCUT2D eigenvalue weighted by molar-refractivity contribution is 6.34. The molecule has 2 nitrogen and oxygen atoms in total. The lowest BCUT2D eigenvalue weighted by atomic mass is 9.95. The average Bonchev–Trinajstić information content (AvgIpc) is 2.76. The van der Waals surface area contributed by atoms with Gasteiger partial charge in [-0.1, -0.05) is 30.1 Å². The Hall–Kier alpha value is -0.280. The number of ether oxygens (including phenoxy) is 1. The summed E-state index contributed by atoms with van der Waals surface area (Å²) in [6.07, 6.45) is 2.36. The van der Waals surface area contributed by atoms with Crippen LogP contribution in [0.1, 0.15) is 31.4 Å². The topological polar surface area (TPSA) is 21.3 Å². The molecule has 0 bridgehead atoms. The first kappa shape index (κ1) is 14.1. The van der Waals surface area contributed by atoms with E-state index in [-0.39, 0.29) is 6.10 Å².